The minimum absolute atomic E-state index is 0.697. The standard InChI is InChI=1S/C16H26/c1-4-5-6-8-11-14(2)15(3)16-12-9-7-10-13-16/h7,9-10,12-15H,4-6,8,11H2,1-3H3. The average Bonchev–Trinajstić information content (AvgIpc) is 2.34. The summed E-state index contributed by atoms with van der Waals surface area (Å²) in [5, 5.41) is 0. The number of hydrogen-bond donors (Lipinski definition) is 0. The molecule has 0 heterocycles. The van der Waals surface area contributed by atoms with Crippen molar-refractivity contribution in [3.63, 3.8) is 0 Å². The van der Waals surface area contributed by atoms with E-state index in [2.05, 4.69) is 51.1 Å². The first kappa shape index (κ1) is 13.3. The Labute approximate surface area is 101 Å². The van der Waals surface area contributed by atoms with Gasteiger partial charge in [0, 0.05) is 0 Å². The molecule has 0 saturated carbocycles. The molecule has 0 amide bonds. The molecular formula is C16H26. The van der Waals surface area contributed by atoms with Crippen LogP contribution in [-0.4, -0.2) is 0 Å². The molecule has 0 spiro atoms. The van der Waals surface area contributed by atoms with Crippen LogP contribution in [0.5, 0.6) is 0 Å². The molecule has 0 bridgehead atoms. The summed E-state index contributed by atoms with van der Waals surface area (Å²) in [6.45, 7) is 7.03. The van der Waals surface area contributed by atoms with Crippen LogP contribution in [0.15, 0.2) is 30.3 Å². The molecule has 2 unspecified atom stereocenters. The minimum atomic E-state index is 0.697. The molecule has 0 N–H and O–H groups in total. The number of hydrogen-bond acceptors (Lipinski definition) is 0. The third-order valence-corrected chi connectivity index (χ3v) is 3.69. The second kappa shape index (κ2) is 7.49. The van der Waals surface area contributed by atoms with E-state index in [4.69, 9.17) is 0 Å². The van der Waals surface area contributed by atoms with Gasteiger partial charge < -0.3 is 0 Å². The molecule has 0 heteroatoms. The zero-order valence-electron chi connectivity index (χ0n) is 11.1. The molecule has 0 nitrogen and oxygen atoms in total. The molecule has 1 aromatic carbocycles. The van der Waals surface area contributed by atoms with Gasteiger partial charge in [0.2, 0.25) is 0 Å². The summed E-state index contributed by atoms with van der Waals surface area (Å²) in [6, 6.07) is 10.9. The van der Waals surface area contributed by atoms with E-state index in [1.807, 2.05) is 0 Å². The number of benzene rings is 1. The van der Waals surface area contributed by atoms with Crippen molar-refractivity contribution in [2.75, 3.05) is 0 Å². The predicted molar refractivity (Wildman–Crippen MR) is 72.8 cm³/mol. The molecule has 0 aliphatic rings. The molecule has 0 fully saturated rings. The van der Waals surface area contributed by atoms with E-state index in [0.717, 1.165) is 5.92 Å². The smallest absolute Gasteiger partial charge is 0.0165 e. The molecule has 1 rings (SSSR count). The molecule has 0 radical (unpaired) electrons. The van der Waals surface area contributed by atoms with Crippen molar-refractivity contribution < 1.29 is 0 Å². The van der Waals surface area contributed by atoms with Crippen molar-refractivity contribution in [2.24, 2.45) is 5.92 Å². The summed E-state index contributed by atoms with van der Waals surface area (Å²) in [4.78, 5) is 0. The van der Waals surface area contributed by atoms with Crippen LogP contribution in [0.4, 0.5) is 0 Å². The second-order valence-corrected chi connectivity index (χ2v) is 5.03. The fourth-order valence-corrected chi connectivity index (χ4v) is 2.23. The first-order chi connectivity index (χ1) is 7.75. The molecule has 90 valence electrons. The van der Waals surface area contributed by atoms with E-state index in [0.29, 0.717) is 5.92 Å². The Hall–Kier alpha value is -0.780. The van der Waals surface area contributed by atoms with Crippen LogP contribution in [0, 0.1) is 5.92 Å². The summed E-state index contributed by atoms with van der Waals surface area (Å²) in [7, 11) is 0. The lowest BCUT2D eigenvalue weighted by atomic mass is 9.85. The Morgan fingerprint density at radius 3 is 2.25 bits per heavy atom. The minimum Gasteiger partial charge on any atom is -0.0654 e. The van der Waals surface area contributed by atoms with E-state index in [-0.39, 0.29) is 0 Å². The van der Waals surface area contributed by atoms with Gasteiger partial charge in [-0.2, -0.15) is 0 Å². The van der Waals surface area contributed by atoms with E-state index in [1.54, 1.807) is 0 Å². The van der Waals surface area contributed by atoms with Crippen LogP contribution in [0.2, 0.25) is 0 Å². The van der Waals surface area contributed by atoms with Crippen molar-refractivity contribution in [1.82, 2.24) is 0 Å². The van der Waals surface area contributed by atoms with Crippen molar-refractivity contribution in [2.45, 2.75) is 58.8 Å². The first-order valence-corrected chi connectivity index (χ1v) is 6.80. The summed E-state index contributed by atoms with van der Waals surface area (Å²) < 4.78 is 0. The first-order valence-electron chi connectivity index (χ1n) is 6.80. The van der Waals surface area contributed by atoms with Gasteiger partial charge in [-0.1, -0.05) is 83.2 Å². The van der Waals surface area contributed by atoms with E-state index in [1.165, 1.54) is 37.7 Å². The molecule has 0 saturated heterocycles. The van der Waals surface area contributed by atoms with E-state index in [9.17, 15) is 0 Å². The van der Waals surface area contributed by atoms with Gasteiger partial charge in [-0.15, -0.1) is 0 Å². The molecule has 2 atom stereocenters. The maximum atomic E-state index is 2.39. The van der Waals surface area contributed by atoms with Crippen LogP contribution in [0.1, 0.15) is 64.4 Å². The maximum absolute atomic E-state index is 2.39. The quantitative estimate of drug-likeness (QED) is 0.538. The summed E-state index contributed by atoms with van der Waals surface area (Å²) in [5.41, 5.74) is 1.49. The number of unbranched alkanes of at least 4 members (excludes halogenated alkanes) is 3. The zero-order valence-corrected chi connectivity index (χ0v) is 11.1. The van der Waals surface area contributed by atoms with Crippen molar-refractivity contribution in [3.05, 3.63) is 35.9 Å². The lowest BCUT2D eigenvalue weighted by Gasteiger charge is -2.20. The molecule has 0 aromatic heterocycles. The van der Waals surface area contributed by atoms with Crippen molar-refractivity contribution >= 4 is 0 Å². The Bertz CT molecular complexity index is 263. The van der Waals surface area contributed by atoms with Gasteiger partial charge in [0.25, 0.3) is 0 Å². The molecular weight excluding hydrogens is 192 g/mol. The predicted octanol–water partition coefficient (Wildman–Crippen LogP) is 5.40. The van der Waals surface area contributed by atoms with E-state index >= 15 is 0 Å². The average molecular weight is 218 g/mol. The van der Waals surface area contributed by atoms with Crippen molar-refractivity contribution in [1.29, 1.82) is 0 Å². The monoisotopic (exact) mass is 218 g/mol. The highest BCUT2D eigenvalue weighted by Crippen LogP contribution is 2.27. The SMILES string of the molecule is CCCCCCC(C)C(C)c1ccccc1. The van der Waals surface area contributed by atoms with Crippen LogP contribution < -0.4 is 0 Å². The Morgan fingerprint density at radius 2 is 1.62 bits per heavy atom. The van der Waals surface area contributed by atoms with Gasteiger partial charge in [0.05, 0.1) is 0 Å². The van der Waals surface area contributed by atoms with Crippen LogP contribution in [0.3, 0.4) is 0 Å². The molecule has 0 aliphatic heterocycles. The second-order valence-electron chi connectivity index (χ2n) is 5.03. The topological polar surface area (TPSA) is 0 Å². The lowest BCUT2D eigenvalue weighted by molar-refractivity contribution is 0.428. The normalized spacial score (nSPS) is 14.7. The van der Waals surface area contributed by atoms with E-state index < -0.39 is 0 Å². The highest BCUT2D eigenvalue weighted by atomic mass is 14.2. The van der Waals surface area contributed by atoms with Gasteiger partial charge in [-0.25, -0.2) is 0 Å². The van der Waals surface area contributed by atoms with Gasteiger partial charge >= 0.3 is 0 Å². The fraction of sp³-hybridized carbons (Fsp3) is 0.625. The third-order valence-electron chi connectivity index (χ3n) is 3.69. The zero-order chi connectivity index (χ0) is 11.8. The van der Waals surface area contributed by atoms with Crippen LogP contribution in [-0.2, 0) is 0 Å². The summed E-state index contributed by atoms with van der Waals surface area (Å²) in [6.07, 6.45) is 6.90. The summed E-state index contributed by atoms with van der Waals surface area (Å²) in [5.74, 6) is 1.50. The maximum Gasteiger partial charge on any atom is -0.0165 e. The summed E-state index contributed by atoms with van der Waals surface area (Å²) >= 11 is 0. The van der Waals surface area contributed by atoms with Gasteiger partial charge in [-0.05, 0) is 17.4 Å². The highest BCUT2D eigenvalue weighted by molar-refractivity contribution is 5.19. The van der Waals surface area contributed by atoms with Crippen LogP contribution in [0.25, 0.3) is 0 Å². The Balaban J connectivity index is 2.33. The van der Waals surface area contributed by atoms with Crippen LogP contribution >= 0.6 is 0 Å². The highest BCUT2D eigenvalue weighted by Gasteiger charge is 2.13. The molecule has 1 aromatic rings. The lowest BCUT2D eigenvalue weighted by Crippen LogP contribution is -2.06. The fourth-order valence-electron chi connectivity index (χ4n) is 2.23. The molecule has 16 heavy (non-hydrogen) atoms. The molecule has 0 aliphatic carbocycles. The van der Waals surface area contributed by atoms with Crippen molar-refractivity contribution in [3.8, 4) is 0 Å². The Morgan fingerprint density at radius 1 is 0.938 bits per heavy atom. The van der Waals surface area contributed by atoms with Gasteiger partial charge in [-0.3, -0.25) is 0 Å². The number of rotatable bonds is 7. The van der Waals surface area contributed by atoms with Gasteiger partial charge in [0.1, 0.15) is 0 Å². The largest absolute Gasteiger partial charge is 0.0654 e. The van der Waals surface area contributed by atoms with Gasteiger partial charge in [0.15, 0.2) is 0 Å². The Kier molecular flexibility index (Phi) is 6.22. The third kappa shape index (κ3) is 4.38.